The molecule has 0 saturated carbocycles. The topological polar surface area (TPSA) is 67.9 Å². The molecule has 0 fully saturated rings. The first-order valence-electron chi connectivity index (χ1n) is 9.07. The van der Waals surface area contributed by atoms with Gasteiger partial charge in [-0.15, -0.1) is 0 Å². The summed E-state index contributed by atoms with van der Waals surface area (Å²) < 4.78 is 10.6. The summed E-state index contributed by atoms with van der Waals surface area (Å²) in [6.45, 7) is 6.08. The van der Waals surface area contributed by atoms with Crippen molar-refractivity contribution < 1.29 is 19.1 Å². The SMILES string of the molecule is CCN1C(=O)C(Nc2cc(OC)cc(OC)c2)=C(c2ccc(C)c(C)c2)C1=O. The number of nitrogens with one attached hydrogen (secondary N) is 1. The number of carbonyl (C=O) groups excluding carboxylic acids is 2. The number of aryl methyl sites for hydroxylation is 2. The van der Waals surface area contributed by atoms with Gasteiger partial charge in [0.25, 0.3) is 11.8 Å². The Morgan fingerprint density at radius 2 is 1.54 bits per heavy atom. The van der Waals surface area contributed by atoms with Crippen molar-refractivity contribution in [2.75, 3.05) is 26.1 Å². The van der Waals surface area contributed by atoms with E-state index in [2.05, 4.69) is 5.32 Å². The summed E-state index contributed by atoms with van der Waals surface area (Å²) >= 11 is 0. The maximum absolute atomic E-state index is 12.9. The summed E-state index contributed by atoms with van der Waals surface area (Å²) in [5, 5.41) is 3.13. The molecule has 0 atom stereocenters. The predicted molar refractivity (Wildman–Crippen MR) is 108 cm³/mol. The summed E-state index contributed by atoms with van der Waals surface area (Å²) in [7, 11) is 3.11. The molecule has 28 heavy (non-hydrogen) atoms. The van der Waals surface area contributed by atoms with Crippen molar-refractivity contribution in [3.8, 4) is 11.5 Å². The number of ether oxygens (including phenoxy) is 2. The number of likely N-dealkylation sites (N-methyl/N-ethyl adjacent to an activating group) is 1. The monoisotopic (exact) mass is 380 g/mol. The third-order valence-corrected chi connectivity index (χ3v) is 4.90. The second kappa shape index (κ2) is 7.76. The van der Waals surface area contributed by atoms with Crippen molar-refractivity contribution >= 4 is 23.1 Å². The minimum absolute atomic E-state index is 0.255. The Labute approximate surface area is 164 Å². The third-order valence-electron chi connectivity index (χ3n) is 4.90. The fraction of sp³-hybridized carbons (Fsp3) is 0.273. The molecular formula is C22H24N2O4. The summed E-state index contributed by atoms with van der Waals surface area (Å²) in [5.41, 5.74) is 4.13. The maximum Gasteiger partial charge on any atom is 0.278 e. The van der Waals surface area contributed by atoms with Gasteiger partial charge in [-0.25, -0.2) is 0 Å². The summed E-state index contributed by atoms with van der Waals surface area (Å²) in [5.74, 6) is 0.522. The van der Waals surface area contributed by atoms with Crippen molar-refractivity contribution in [2.45, 2.75) is 20.8 Å². The molecule has 3 rings (SSSR count). The lowest BCUT2D eigenvalue weighted by Gasteiger charge is -2.13. The van der Waals surface area contributed by atoms with Gasteiger partial charge in [-0.2, -0.15) is 0 Å². The van der Waals surface area contributed by atoms with E-state index in [-0.39, 0.29) is 17.5 Å². The first-order chi connectivity index (χ1) is 13.4. The molecule has 0 saturated heterocycles. The zero-order valence-electron chi connectivity index (χ0n) is 16.8. The van der Waals surface area contributed by atoms with E-state index in [0.29, 0.717) is 29.3 Å². The molecule has 0 bridgehead atoms. The molecule has 2 aromatic rings. The van der Waals surface area contributed by atoms with Gasteiger partial charge in [0.15, 0.2) is 0 Å². The lowest BCUT2D eigenvalue weighted by Crippen LogP contribution is -2.32. The molecule has 0 unspecified atom stereocenters. The summed E-state index contributed by atoms with van der Waals surface area (Å²) in [4.78, 5) is 27.1. The van der Waals surface area contributed by atoms with Crippen molar-refractivity contribution in [1.29, 1.82) is 0 Å². The second-order valence-electron chi connectivity index (χ2n) is 6.63. The van der Waals surface area contributed by atoms with Crippen LogP contribution >= 0.6 is 0 Å². The number of hydrogen-bond acceptors (Lipinski definition) is 5. The molecule has 2 aromatic carbocycles. The standard InChI is InChI=1S/C22H24N2O4/c1-6-24-21(25)19(15-8-7-13(2)14(3)9-15)20(22(24)26)23-16-10-17(27-4)12-18(11-16)28-5/h7-12,23H,6H2,1-5H3. The fourth-order valence-electron chi connectivity index (χ4n) is 3.17. The van der Waals surface area contributed by atoms with Gasteiger partial charge in [0, 0.05) is 30.4 Å². The van der Waals surface area contributed by atoms with Crippen LogP contribution in [0.15, 0.2) is 42.1 Å². The average molecular weight is 380 g/mol. The Bertz CT molecular complexity index is 956. The van der Waals surface area contributed by atoms with E-state index in [4.69, 9.17) is 9.47 Å². The second-order valence-corrected chi connectivity index (χ2v) is 6.63. The van der Waals surface area contributed by atoms with E-state index in [1.54, 1.807) is 39.3 Å². The molecule has 1 aliphatic heterocycles. The molecule has 6 heteroatoms. The van der Waals surface area contributed by atoms with E-state index in [1.807, 2.05) is 32.0 Å². The van der Waals surface area contributed by atoms with Crippen LogP contribution in [0.3, 0.4) is 0 Å². The van der Waals surface area contributed by atoms with E-state index >= 15 is 0 Å². The quantitative estimate of drug-likeness (QED) is 0.777. The Balaban J connectivity index is 2.12. The minimum atomic E-state index is -0.345. The van der Waals surface area contributed by atoms with Crippen molar-refractivity contribution in [2.24, 2.45) is 0 Å². The predicted octanol–water partition coefficient (Wildman–Crippen LogP) is 3.53. The van der Waals surface area contributed by atoms with E-state index in [1.165, 1.54) is 4.90 Å². The van der Waals surface area contributed by atoms with Gasteiger partial charge in [-0.3, -0.25) is 14.5 Å². The highest BCUT2D eigenvalue weighted by atomic mass is 16.5. The number of anilines is 1. The molecule has 1 aliphatic rings. The van der Waals surface area contributed by atoms with E-state index < -0.39 is 0 Å². The molecule has 6 nitrogen and oxygen atoms in total. The van der Waals surface area contributed by atoms with Crippen LogP contribution in [-0.4, -0.2) is 37.5 Å². The Morgan fingerprint density at radius 1 is 0.893 bits per heavy atom. The molecule has 0 radical (unpaired) electrons. The van der Waals surface area contributed by atoms with Gasteiger partial charge in [0.1, 0.15) is 17.2 Å². The van der Waals surface area contributed by atoms with Crippen LogP contribution in [0.2, 0.25) is 0 Å². The smallest absolute Gasteiger partial charge is 0.278 e. The molecule has 1 N–H and O–H groups in total. The van der Waals surface area contributed by atoms with Crippen LogP contribution in [0.5, 0.6) is 11.5 Å². The first kappa shape index (κ1) is 19.5. The van der Waals surface area contributed by atoms with Gasteiger partial charge in [0.05, 0.1) is 19.8 Å². The number of carbonyl (C=O) groups is 2. The van der Waals surface area contributed by atoms with Crippen LogP contribution in [0.4, 0.5) is 5.69 Å². The molecule has 0 aliphatic carbocycles. The average Bonchev–Trinajstić information content (AvgIpc) is 2.92. The van der Waals surface area contributed by atoms with Gasteiger partial charge in [-0.1, -0.05) is 18.2 Å². The zero-order valence-corrected chi connectivity index (χ0v) is 16.8. The molecule has 1 heterocycles. The molecule has 146 valence electrons. The van der Waals surface area contributed by atoms with E-state index in [0.717, 1.165) is 16.7 Å². The summed E-state index contributed by atoms with van der Waals surface area (Å²) in [6.07, 6.45) is 0. The number of methoxy groups -OCH3 is 2. The Hall–Kier alpha value is -3.28. The zero-order chi connectivity index (χ0) is 20.4. The first-order valence-corrected chi connectivity index (χ1v) is 9.07. The van der Waals surface area contributed by atoms with E-state index in [9.17, 15) is 9.59 Å². The van der Waals surface area contributed by atoms with Crippen LogP contribution in [0, 0.1) is 13.8 Å². The molecule has 0 spiro atoms. The number of hydrogen-bond donors (Lipinski definition) is 1. The van der Waals surface area contributed by atoms with Crippen molar-refractivity contribution in [3.05, 3.63) is 58.8 Å². The maximum atomic E-state index is 12.9. The van der Waals surface area contributed by atoms with Crippen LogP contribution < -0.4 is 14.8 Å². The Kier molecular flexibility index (Phi) is 5.40. The van der Waals surface area contributed by atoms with Crippen molar-refractivity contribution in [1.82, 2.24) is 4.90 Å². The van der Waals surface area contributed by atoms with Gasteiger partial charge in [-0.05, 0) is 37.5 Å². The number of imide groups is 1. The number of amides is 2. The van der Waals surface area contributed by atoms with Gasteiger partial charge < -0.3 is 14.8 Å². The molecular weight excluding hydrogens is 356 g/mol. The largest absolute Gasteiger partial charge is 0.497 e. The highest BCUT2D eigenvalue weighted by molar-refractivity contribution is 6.36. The van der Waals surface area contributed by atoms with Gasteiger partial charge >= 0.3 is 0 Å². The third kappa shape index (κ3) is 3.45. The minimum Gasteiger partial charge on any atom is -0.497 e. The molecule has 0 aromatic heterocycles. The molecule has 2 amide bonds. The van der Waals surface area contributed by atoms with Crippen molar-refractivity contribution in [3.63, 3.8) is 0 Å². The number of benzene rings is 2. The number of nitrogens with zero attached hydrogens (tertiary/aromatic N) is 1. The fourth-order valence-corrected chi connectivity index (χ4v) is 3.17. The van der Waals surface area contributed by atoms with Gasteiger partial charge in [0.2, 0.25) is 0 Å². The van der Waals surface area contributed by atoms with Crippen LogP contribution in [0.25, 0.3) is 5.57 Å². The number of rotatable bonds is 6. The lowest BCUT2D eigenvalue weighted by atomic mass is 9.99. The Morgan fingerprint density at radius 3 is 2.07 bits per heavy atom. The highest BCUT2D eigenvalue weighted by Crippen LogP contribution is 2.33. The normalized spacial score (nSPS) is 14.0. The highest BCUT2D eigenvalue weighted by Gasteiger charge is 2.38. The van der Waals surface area contributed by atoms with Crippen LogP contribution in [-0.2, 0) is 9.59 Å². The lowest BCUT2D eigenvalue weighted by molar-refractivity contribution is -0.136. The summed E-state index contributed by atoms with van der Waals surface area (Å²) in [6, 6.07) is 11.0. The van der Waals surface area contributed by atoms with Crippen LogP contribution in [0.1, 0.15) is 23.6 Å².